The third-order valence-electron chi connectivity index (χ3n) is 7.20. The summed E-state index contributed by atoms with van der Waals surface area (Å²) in [5.41, 5.74) is -2.57. The molecule has 0 saturated heterocycles. The molecular formula is C25H33N2O6S2+. The van der Waals surface area contributed by atoms with Crippen LogP contribution >= 0.6 is 22.7 Å². The molecule has 5 unspecified atom stereocenters. The number of ether oxygens (including phenoxy) is 2. The lowest BCUT2D eigenvalue weighted by Gasteiger charge is -2.33. The van der Waals surface area contributed by atoms with Crippen LogP contribution in [0.3, 0.4) is 0 Å². The Bertz CT molecular complexity index is 1010. The molecule has 2 fully saturated rings. The largest absolute Gasteiger partial charge is 0.514 e. The monoisotopic (exact) mass is 521 g/mol. The third kappa shape index (κ3) is 5.15. The minimum absolute atomic E-state index is 0.149. The number of fused-ring (bicyclic) bond motifs is 1. The van der Waals surface area contributed by atoms with E-state index < -0.39 is 22.0 Å². The molecule has 4 rings (SSSR count). The van der Waals surface area contributed by atoms with Gasteiger partial charge in [-0.2, -0.15) is 4.79 Å². The number of carbonyl (C=O) groups is 2. The number of nitro groups is 1. The minimum Gasteiger partial charge on any atom is -0.456 e. The van der Waals surface area contributed by atoms with Crippen molar-refractivity contribution >= 4 is 34.7 Å². The molecule has 8 nitrogen and oxygen atoms in total. The van der Waals surface area contributed by atoms with Crippen LogP contribution in [0.4, 0.5) is 4.79 Å². The molecule has 2 aliphatic carbocycles. The van der Waals surface area contributed by atoms with Gasteiger partial charge in [0.2, 0.25) is 0 Å². The molecule has 2 aromatic heterocycles. The Balaban J connectivity index is 1.46. The van der Waals surface area contributed by atoms with Crippen molar-refractivity contribution in [2.75, 3.05) is 7.05 Å². The standard InChI is InChI=1S/C25H32N2O6S2/c1-24(2,3)33-23(29)26(4)18-10-9-16-14-19(15-17(16)13-18)32-22(28)25(27(30)31,20-7-5-11-34-20)21-8-6-12-35-21/h5-8,11-12,16-19H,9-10,13-15H2,1-4H3/p+1. The number of quaternary nitrogens is 1. The van der Waals surface area contributed by atoms with Crippen molar-refractivity contribution in [1.29, 1.82) is 0 Å². The van der Waals surface area contributed by atoms with Crippen molar-refractivity contribution < 1.29 is 28.9 Å². The summed E-state index contributed by atoms with van der Waals surface area (Å²) < 4.78 is 11.5. The van der Waals surface area contributed by atoms with Gasteiger partial charge in [-0.05, 0) is 74.8 Å². The predicted octanol–water partition coefficient (Wildman–Crippen LogP) is 4.27. The Hall–Kier alpha value is -2.30. The third-order valence-corrected chi connectivity index (χ3v) is 9.16. The molecular weight excluding hydrogens is 488 g/mol. The molecule has 0 aromatic carbocycles. The molecule has 1 N–H and O–H groups in total. The summed E-state index contributed by atoms with van der Waals surface area (Å²) in [6, 6.07) is 6.83. The van der Waals surface area contributed by atoms with Gasteiger partial charge >= 0.3 is 17.6 Å². The lowest BCUT2D eigenvalue weighted by molar-refractivity contribution is -0.834. The Labute approximate surface area is 213 Å². The van der Waals surface area contributed by atoms with Crippen molar-refractivity contribution in [3.05, 3.63) is 54.9 Å². The van der Waals surface area contributed by atoms with Crippen LogP contribution in [0.15, 0.2) is 35.0 Å². The van der Waals surface area contributed by atoms with E-state index in [1.165, 1.54) is 22.7 Å². The summed E-state index contributed by atoms with van der Waals surface area (Å²) in [7, 11) is 1.86. The smallest absolute Gasteiger partial charge is 0.456 e. The molecule has 2 saturated carbocycles. The quantitative estimate of drug-likeness (QED) is 0.346. The van der Waals surface area contributed by atoms with E-state index in [1.807, 2.05) is 27.8 Å². The van der Waals surface area contributed by atoms with Crippen LogP contribution in [0.1, 0.15) is 62.6 Å². The molecule has 0 aliphatic heterocycles. The first-order valence-corrected chi connectivity index (χ1v) is 13.8. The maximum absolute atomic E-state index is 13.5. The van der Waals surface area contributed by atoms with Gasteiger partial charge in [0.1, 0.15) is 11.7 Å². The van der Waals surface area contributed by atoms with E-state index in [0.29, 0.717) is 34.4 Å². The van der Waals surface area contributed by atoms with E-state index >= 15 is 0 Å². The maximum atomic E-state index is 13.5. The van der Waals surface area contributed by atoms with Gasteiger partial charge in [-0.15, -0.1) is 22.7 Å². The Morgan fingerprint density at radius 1 is 1.03 bits per heavy atom. The number of hydrogen-bond acceptors (Lipinski definition) is 8. The molecule has 10 heteroatoms. The normalized spacial score (nSPS) is 25.5. The number of amides is 1. The predicted molar refractivity (Wildman–Crippen MR) is 133 cm³/mol. The van der Waals surface area contributed by atoms with Gasteiger partial charge in [-0.25, -0.2) is 9.69 Å². The first kappa shape index (κ1) is 25.8. The number of nitrogens with one attached hydrogen (secondary N) is 1. The van der Waals surface area contributed by atoms with Crippen molar-refractivity contribution in [1.82, 2.24) is 0 Å². The number of hydrogen-bond donors (Lipinski definition) is 1. The molecule has 0 radical (unpaired) electrons. The summed E-state index contributed by atoms with van der Waals surface area (Å²) in [5.74, 6) is -0.106. The molecule has 0 spiro atoms. The second kappa shape index (κ2) is 9.99. The second-order valence-corrected chi connectivity index (χ2v) is 12.5. The van der Waals surface area contributed by atoms with Gasteiger partial charge in [-0.3, -0.25) is 10.1 Å². The Morgan fingerprint density at radius 3 is 2.14 bits per heavy atom. The maximum Gasteiger partial charge on any atom is 0.514 e. The number of nitrogens with zero attached hydrogens (tertiary/aromatic N) is 1. The molecule has 35 heavy (non-hydrogen) atoms. The van der Waals surface area contributed by atoms with E-state index in [-0.39, 0.29) is 18.2 Å². The highest BCUT2D eigenvalue weighted by molar-refractivity contribution is 7.12. The van der Waals surface area contributed by atoms with Crippen LogP contribution < -0.4 is 4.90 Å². The van der Waals surface area contributed by atoms with Gasteiger partial charge in [-0.1, -0.05) is 12.1 Å². The van der Waals surface area contributed by atoms with Crippen molar-refractivity contribution in [3.8, 4) is 0 Å². The van der Waals surface area contributed by atoms with Crippen molar-refractivity contribution in [2.45, 2.75) is 76.2 Å². The summed E-state index contributed by atoms with van der Waals surface area (Å²) >= 11 is 2.38. The fourth-order valence-corrected chi connectivity index (χ4v) is 7.36. The average Bonchev–Trinajstić information content (AvgIpc) is 3.54. The zero-order valence-electron chi connectivity index (χ0n) is 20.5. The zero-order chi connectivity index (χ0) is 25.4. The molecule has 0 bridgehead atoms. The van der Waals surface area contributed by atoms with E-state index in [4.69, 9.17) is 9.47 Å². The first-order chi connectivity index (χ1) is 16.5. The average molecular weight is 522 g/mol. The fourth-order valence-electron chi connectivity index (χ4n) is 5.49. The SMILES string of the molecule is C[NH+](C(=O)OC(C)(C)C)C1CCC2CC(OC(=O)C(c3cccs3)(c3cccs3)[N+](=O)[O-])CC2C1. The lowest BCUT2D eigenvalue weighted by Crippen LogP contribution is -3.16. The molecule has 2 heterocycles. The van der Waals surface area contributed by atoms with Crippen LogP contribution in [-0.4, -0.2) is 41.8 Å². The number of alkyl carbamates (subject to hydrolysis) is 2. The fraction of sp³-hybridized carbons (Fsp3) is 0.600. The number of esters is 1. The molecule has 1 amide bonds. The number of carbonyl (C=O) groups excluding carboxylic acids is 2. The van der Waals surface area contributed by atoms with Gasteiger partial charge in [0.25, 0.3) is 0 Å². The van der Waals surface area contributed by atoms with E-state index in [1.54, 1.807) is 35.0 Å². The van der Waals surface area contributed by atoms with Gasteiger partial charge in [0.05, 0.1) is 22.8 Å². The Kier molecular flexibility index (Phi) is 7.36. The van der Waals surface area contributed by atoms with E-state index in [9.17, 15) is 19.7 Å². The van der Waals surface area contributed by atoms with Crippen LogP contribution in [-0.2, 0) is 19.8 Å². The molecule has 2 aliphatic rings. The van der Waals surface area contributed by atoms with Gasteiger partial charge < -0.3 is 9.47 Å². The lowest BCUT2D eigenvalue weighted by atomic mass is 9.79. The van der Waals surface area contributed by atoms with Gasteiger partial charge in [0, 0.05) is 17.8 Å². The minimum atomic E-state index is -2.04. The second-order valence-electron chi connectivity index (χ2n) is 10.6. The molecule has 5 atom stereocenters. The Morgan fingerprint density at radius 2 is 1.63 bits per heavy atom. The molecule has 2 aromatic rings. The topological polar surface area (TPSA) is 100 Å². The van der Waals surface area contributed by atoms with Gasteiger partial charge in [0.15, 0.2) is 0 Å². The summed E-state index contributed by atoms with van der Waals surface area (Å²) in [4.78, 5) is 39.5. The zero-order valence-corrected chi connectivity index (χ0v) is 22.2. The first-order valence-electron chi connectivity index (χ1n) is 12.0. The summed E-state index contributed by atoms with van der Waals surface area (Å²) in [6.07, 6.45) is 3.45. The van der Waals surface area contributed by atoms with Crippen LogP contribution in [0.2, 0.25) is 0 Å². The van der Waals surface area contributed by atoms with Crippen LogP contribution in [0.25, 0.3) is 0 Å². The molecule has 190 valence electrons. The van der Waals surface area contributed by atoms with E-state index in [2.05, 4.69) is 0 Å². The number of rotatable bonds is 6. The summed E-state index contributed by atoms with van der Waals surface area (Å²) in [5, 5.41) is 15.9. The van der Waals surface area contributed by atoms with E-state index in [0.717, 1.165) is 24.2 Å². The van der Waals surface area contributed by atoms with Crippen LogP contribution in [0, 0.1) is 22.0 Å². The van der Waals surface area contributed by atoms with Crippen molar-refractivity contribution in [2.24, 2.45) is 11.8 Å². The highest BCUT2D eigenvalue weighted by Gasteiger charge is 2.59. The van der Waals surface area contributed by atoms with Crippen molar-refractivity contribution in [3.63, 3.8) is 0 Å². The summed E-state index contributed by atoms with van der Waals surface area (Å²) in [6.45, 7) is 5.59. The number of thiophene rings is 2. The highest BCUT2D eigenvalue weighted by Crippen LogP contribution is 2.45. The van der Waals surface area contributed by atoms with Crippen LogP contribution in [0.5, 0.6) is 0 Å². The highest BCUT2D eigenvalue weighted by atomic mass is 32.1.